The van der Waals surface area contributed by atoms with Gasteiger partial charge in [-0.3, -0.25) is 14.2 Å². The summed E-state index contributed by atoms with van der Waals surface area (Å²) in [5.74, 6) is -0.704. The number of aromatic nitrogens is 3. The summed E-state index contributed by atoms with van der Waals surface area (Å²) in [7, 11) is 1.98. The third-order valence-corrected chi connectivity index (χ3v) is 5.01. The maximum absolute atomic E-state index is 13.2. The Morgan fingerprint density at radius 1 is 1.16 bits per heavy atom. The van der Waals surface area contributed by atoms with Crippen molar-refractivity contribution >= 4 is 17.0 Å². The molecule has 0 aliphatic carbocycles. The van der Waals surface area contributed by atoms with E-state index in [1.165, 1.54) is 40.7 Å². The number of likely N-dealkylation sites (N-methyl/N-ethyl adjacent to an activating group) is 1. The number of carbonyl (C=O) groups excluding carboxylic acids is 1. The molecule has 0 bridgehead atoms. The van der Waals surface area contributed by atoms with Crippen molar-refractivity contribution in [2.45, 2.75) is 13.1 Å². The van der Waals surface area contributed by atoms with Crippen LogP contribution in [-0.4, -0.2) is 45.7 Å². The number of nitrogens with one attached hydrogen (secondary N) is 1. The lowest BCUT2D eigenvalue weighted by Crippen LogP contribution is -2.36. The molecule has 0 aliphatic heterocycles. The van der Waals surface area contributed by atoms with Crippen molar-refractivity contribution in [3.05, 3.63) is 82.7 Å². The molecule has 1 N–H and O–H groups in total. The molecule has 164 valence electrons. The van der Waals surface area contributed by atoms with E-state index in [0.717, 1.165) is 6.54 Å². The van der Waals surface area contributed by atoms with Crippen molar-refractivity contribution in [2.24, 2.45) is 0 Å². The SMILES string of the molecule is CN(CCNC(=O)Cn1cnc2onc(-c3ccc(F)cc3)c2c1=O)Cc1ccccc1. The van der Waals surface area contributed by atoms with Crippen molar-refractivity contribution in [3.63, 3.8) is 0 Å². The van der Waals surface area contributed by atoms with Gasteiger partial charge in [0, 0.05) is 25.2 Å². The lowest BCUT2D eigenvalue weighted by atomic mass is 10.1. The highest BCUT2D eigenvalue weighted by Crippen LogP contribution is 2.24. The smallest absolute Gasteiger partial charge is 0.267 e. The minimum atomic E-state index is -0.452. The Bertz CT molecular complexity index is 1270. The molecular formula is C23H22FN5O3. The Hall–Kier alpha value is -3.85. The van der Waals surface area contributed by atoms with Gasteiger partial charge in [-0.2, -0.15) is 0 Å². The second-order valence-corrected chi connectivity index (χ2v) is 7.47. The summed E-state index contributed by atoms with van der Waals surface area (Å²) in [5.41, 5.74) is 1.58. The third kappa shape index (κ3) is 4.89. The van der Waals surface area contributed by atoms with Crippen molar-refractivity contribution in [2.75, 3.05) is 20.1 Å². The predicted molar refractivity (Wildman–Crippen MR) is 117 cm³/mol. The van der Waals surface area contributed by atoms with Crippen LogP contribution in [-0.2, 0) is 17.9 Å². The quantitative estimate of drug-likeness (QED) is 0.457. The second-order valence-electron chi connectivity index (χ2n) is 7.47. The molecule has 0 saturated carbocycles. The number of halogens is 1. The summed E-state index contributed by atoms with van der Waals surface area (Å²) in [6.45, 7) is 1.70. The number of fused-ring (bicyclic) bond motifs is 1. The largest absolute Gasteiger partial charge is 0.353 e. The van der Waals surface area contributed by atoms with Crippen molar-refractivity contribution in [1.29, 1.82) is 0 Å². The number of hydrogen-bond acceptors (Lipinski definition) is 6. The number of benzene rings is 2. The van der Waals surface area contributed by atoms with E-state index in [2.05, 4.69) is 32.5 Å². The van der Waals surface area contributed by atoms with E-state index < -0.39 is 11.4 Å². The normalized spacial score (nSPS) is 11.2. The van der Waals surface area contributed by atoms with Crippen LogP contribution in [0.15, 0.2) is 70.2 Å². The molecule has 0 unspecified atom stereocenters. The van der Waals surface area contributed by atoms with Crippen LogP contribution in [0, 0.1) is 5.82 Å². The van der Waals surface area contributed by atoms with Gasteiger partial charge in [-0.15, -0.1) is 0 Å². The standard InChI is InChI=1S/C23H22FN5O3/c1-28(13-16-5-3-2-4-6-16)12-11-25-19(30)14-29-15-26-22-20(23(29)31)21(27-32-22)17-7-9-18(24)10-8-17/h2-10,15H,11-14H2,1H3,(H,25,30). The van der Waals surface area contributed by atoms with Gasteiger partial charge < -0.3 is 14.7 Å². The fourth-order valence-corrected chi connectivity index (χ4v) is 3.37. The molecule has 0 fully saturated rings. The first-order valence-electron chi connectivity index (χ1n) is 10.1. The molecule has 32 heavy (non-hydrogen) atoms. The van der Waals surface area contributed by atoms with Crippen LogP contribution < -0.4 is 10.9 Å². The zero-order valence-electron chi connectivity index (χ0n) is 17.5. The highest BCUT2D eigenvalue weighted by atomic mass is 19.1. The lowest BCUT2D eigenvalue weighted by molar-refractivity contribution is -0.121. The Labute approximate surface area is 183 Å². The van der Waals surface area contributed by atoms with Crippen LogP contribution in [0.4, 0.5) is 4.39 Å². The van der Waals surface area contributed by atoms with Gasteiger partial charge in [-0.05, 0) is 36.9 Å². The Kier molecular flexibility index (Phi) is 6.37. The van der Waals surface area contributed by atoms with Gasteiger partial charge >= 0.3 is 0 Å². The molecule has 8 nitrogen and oxygen atoms in total. The zero-order chi connectivity index (χ0) is 22.5. The Morgan fingerprint density at radius 3 is 2.66 bits per heavy atom. The van der Waals surface area contributed by atoms with Crippen LogP contribution >= 0.6 is 0 Å². The van der Waals surface area contributed by atoms with Crippen molar-refractivity contribution in [1.82, 2.24) is 24.9 Å². The molecule has 0 atom stereocenters. The fraction of sp³-hybridized carbons (Fsp3) is 0.217. The van der Waals surface area contributed by atoms with E-state index in [9.17, 15) is 14.0 Å². The van der Waals surface area contributed by atoms with E-state index in [-0.39, 0.29) is 29.2 Å². The van der Waals surface area contributed by atoms with E-state index in [0.29, 0.717) is 18.7 Å². The highest BCUT2D eigenvalue weighted by Gasteiger charge is 2.18. The molecule has 2 heterocycles. The van der Waals surface area contributed by atoms with Crippen LogP contribution in [0.5, 0.6) is 0 Å². The van der Waals surface area contributed by atoms with Crippen LogP contribution in [0.3, 0.4) is 0 Å². The van der Waals surface area contributed by atoms with Crippen LogP contribution in [0.1, 0.15) is 5.56 Å². The molecular weight excluding hydrogens is 413 g/mol. The molecule has 4 aromatic rings. The molecule has 1 amide bonds. The van der Waals surface area contributed by atoms with Gasteiger partial charge in [0.1, 0.15) is 29.8 Å². The first kappa shape index (κ1) is 21.4. The summed E-state index contributed by atoms with van der Waals surface area (Å²) in [5, 5.41) is 6.87. The minimum Gasteiger partial charge on any atom is -0.353 e. The van der Waals surface area contributed by atoms with Gasteiger partial charge in [0.05, 0.1) is 0 Å². The average Bonchev–Trinajstić information content (AvgIpc) is 3.22. The van der Waals surface area contributed by atoms with E-state index in [1.54, 1.807) is 0 Å². The number of carbonyl (C=O) groups is 1. The zero-order valence-corrected chi connectivity index (χ0v) is 17.5. The number of amides is 1. The number of hydrogen-bond donors (Lipinski definition) is 1. The second kappa shape index (κ2) is 9.52. The minimum absolute atomic E-state index is 0.0634. The number of rotatable bonds is 8. The van der Waals surface area contributed by atoms with Crippen molar-refractivity contribution < 1.29 is 13.7 Å². The van der Waals surface area contributed by atoms with Gasteiger partial charge in [-0.1, -0.05) is 35.5 Å². The third-order valence-electron chi connectivity index (χ3n) is 5.01. The molecule has 0 spiro atoms. The fourth-order valence-electron chi connectivity index (χ4n) is 3.37. The van der Waals surface area contributed by atoms with Gasteiger partial charge in [0.2, 0.25) is 5.91 Å². The van der Waals surface area contributed by atoms with Gasteiger partial charge in [0.15, 0.2) is 0 Å². The molecule has 0 saturated heterocycles. The maximum atomic E-state index is 13.2. The summed E-state index contributed by atoms with van der Waals surface area (Å²) in [6.07, 6.45) is 1.26. The lowest BCUT2D eigenvalue weighted by Gasteiger charge is -2.17. The van der Waals surface area contributed by atoms with E-state index in [1.807, 2.05) is 25.2 Å². The molecule has 2 aromatic heterocycles. The molecule has 0 aliphatic rings. The summed E-state index contributed by atoms with van der Waals surface area (Å²) in [4.78, 5) is 31.5. The first-order chi connectivity index (χ1) is 15.5. The van der Waals surface area contributed by atoms with Crippen LogP contribution in [0.25, 0.3) is 22.4 Å². The molecule has 4 rings (SSSR count). The van der Waals surface area contributed by atoms with E-state index >= 15 is 0 Å². The van der Waals surface area contributed by atoms with E-state index in [4.69, 9.17) is 4.52 Å². The molecule has 2 aromatic carbocycles. The first-order valence-corrected chi connectivity index (χ1v) is 10.1. The van der Waals surface area contributed by atoms with Gasteiger partial charge in [0.25, 0.3) is 11.3 Å². The summed E-state index contributed by atoms with van der Waals surface area (Å²) >= 11 is 0. The summed E-state index contributed by atoms with van der Waals surface area (Å²) in [6, 6.07) is 15.6. The Morgan fingerprint density at radius 2 is 1.91 bits per heavy atom. The average molecular weight is 435 g/mol. The predicted octanol–water partition coefficient (Wildman–Crippen LogP) is 2.44. The highest BCUT2D eigenvalue weighted by molar-refractivity contribution is 5.88. The number of nitrogens with zero attached hydrogens (tertiary/aromatic N) is 4. The Balaban J connectivity index is 1.40. The maximum Gasteiger partial charge on any atom is 0.267 e. The monoisotopic (exact) mass is 435 g/mol. The van der Waals surface area contributed by atoms with Crippen molar-refractivity contribution in [3.8, 4) is 11.3 Å². The summed E-state index contributed by atoms with van der Waals surface area (Å²) < 4.78 is 19.6. The van der Waals surface area contributed by atoms with Gasteiger partial charge in [-0.25, -0.2) is 9.37 Å². The topological polar surface area (TPSA) is 93.3 Å². The molecule has 0 radical (unpaired) electrons. The molecule has 9 heteroatoms. The van der Waals surface area contributed by atoms with Crippen LogP contribution in [0.2, 0.25) is 0 Å².